The fourth-order valence-electron chi connectivity index (χ4n) is 1.68. The molecule has 0 saturated carbocycles. The maximum Gasteiger partial charge on any atom is 0.244 e. The molecule has 0 radical (unpaired) electrons. The van der Waals surface area contributed by atoms with Gasteiger partial charge in [-0.1, -0.05) is 30.3 Å². The molecule has 0 saturated heterocycles. The fourth-order valence-corrected chi connectivity index (χ4v) is 1.68. The maximum absolute atomic E-state index is 12.1. The summed E-state index contributed by atoms with van der Waals surface area (Å²) in [7, 11) is 1.61. The van der Waals surface area contributed by atoms with E-state index in [1.165, 1.54) is 4.90 Å². The molecule has 1 rings (SSSR count). The van der Waals surface area contributed by atoms with Gasteiger partial charge in [-0.3, -0.25) is 4.79 Å². The van der Waals surface area contributed by atoms with E-state index < -0.39 is 5.92 Å². The van der Waals surface area contributed by atoms with Crippen LogP contribution in [-0.2, 0) is 4.79 Å². The number of hydrogen-bond donors (Lipinski definition) is 0. The van der Waals surface area contributed by atoms with Gasteiger partial charge in [-0.2, -0.15) is 10.5 Å². The molecule has 0 N–H and O–H groups in total. The zero-order valence-corrected chi connectivity index (χ0v) is 10.5. The van der Waals surface area contributed by atoms with Crippen molar-refractivity contribution in [2.24, 2.45) is 5.92 Å². The molecule has 4 heteroatoms. The van der Waals surface area contributed by atoms with E-state index in [1.54, 1.807) is 38.2 Å². The Balaban J connectivity index is 2.82. The first kappa shape index (κ1) is 13.7. The normalized spacial score (nSPS) is 12.9. The van der Waals surface area contributed by atoms with Gasteiger partial charge in [0.2, 0.25) is 5.91 Å². The highest BCUT2D eigenvalue weighted by Gasteiger charge is 2.24. The highest BCUT2D eigenvalue weighted by Crippen LogP contribution is 2.17. The molecule has 0 aliphatic carbocycles. The van der Waals surface area contributed by atoms with Crippen LogP contribution >= 0.6 is 0 Å². The SMILES string of the molecule is CC(C#N)CN(C)C(=O)C(C#N)c1ccccc1. The molecule has 0 aliphatic rings. The minimum absolute atomic E-state index is 0.242. The van der Waals surface area contributed by atoms with Crippen molar-refractivity contribution < 1.29 is 4.79 Å². The van der Waals surface area contributed by atoms with E-state index in [0.29, 0.717) is 12.1 Å². The third-order valence-electron chi connectivity index (χ3n) is 2.65. The summed E-state index contributed by atoms with van der Waals surface area (Å²) in [4.78, 5) is 13.6. The molecule has 0 bridgehead atoms. The molecule has 18 heavy (non-hydrogen) atoms. The van der Waals surface area contributed by atoms with Crippen molar-refractivity contribution in [3.8, 4) is 12.1 Å². The highest BCUT2D eigenvalue weighted by atomic mass is 16.2. The minimum atomic E-state index is -0.804. The molecule has 1 aromatic carbocycles. The predicted octanol–water partition coefficient (Wildman–Crippen LogP) is 1.91. The molecule has 0 spiro atoms. The zero-order valence-electron chi connectivity index (χ0n) is 10.5. The largest absolute Gasteiger partial charge is 0.343 e. The standard InChI is InChI=1S/C14H15N3O/c1-11(8-15)10-17(2)14(18)13(9-16)12-6-4-3-5-7-12/h3-7,11,13H,10H2,1-2H3. The Bertz CT molecular complexity index is 484. The summed E-state index contributed by atoms with van der Waals surface area (Å²) in [5, 5.41) is 17.9. The van der Waals surface area contributed by atoms with Crippen LogP contribution in [-0.4, -0.2) is 24.4 Å². The summed E-state index contributed by atoms with van der Waals surface area (Å²) < 4.78 is 0. The lowest BCUT2D eigenvalue weighted by Gasteiger charge is -2.21. The van der Waals surface area contributed by atoms with E-state index in [9.17, 15) is 4.79 Å². The molecule has 1 amide bonds. The number of nitrogens with zero attached hydrogens (tertiary/aromatic N) is 3. The van der Waals surface area contributed by atoms with Crippen LogP contribution in [0.5, 0.6) is 0 Å². The minimum Gasteiger partial charge on any atom is -0.343 e. The lowest BCUT2D eigenvalue weighted by molar-refractivity contribution is -0.130. The monoisotopic (exact) mass is 241 g/mol. The predicted molar refractivity (Wildman–Crippen MR) is 67.2 cm³/mol. The molecule has 2 unspecified atom stereocenters. The number of benzene rings is 1. The Kier molecular flexibility index (Phi) is 4.90. The van der Waals surface area contributed by atoms with E-state index in [1.807, 2.05) is 12.1 Å². The average Bonchev–Trinajstić information content (AvgIpc) is 2.40. The quantitative estimate of drug-likeness (QED) is 0.808. The third kappa shape index (κ3) is 3.33. The second-order valence-corrected chi connectivity index (χ2v) is 4.22. The lowest BCUT2D eigenvalue weighted by atomic mass is 9.99. The van der Waals surface area contributed by atoms with E-state index in [4.69, 9.17) is 10.5 Å². The number of amides is 1. The molecule has 1 aromatic rings. The number of likely N-dealkylation sites (N-methyl/N-ethyl adjacent to an activating group) is 1. The van der Waals surface area contributed by atoms with Crippen molar-refractivity contribution >= 4 is 5.91 Å². The number of carbonyl (C=O) groups is 1. The van der Waals surface area contributed by atoms with E-state index in [2.05, 4.69) is 6.07 Å². The molecule has 2 atom stereocenters. The van der Waals surface area contributed by atoms with Crippen LogP contribution < -0.4 is 0 Å². The van der Waals surface area contributed by atoms with Crippen LogP contribution in [0, 0.1) is 28.6 Å². The smallest absolute Gasteiger partial charge is 0.244 e. The Morgan fingerprint density at radius 1 is 1.28 bits per heavy atom. The molecular weight excluding hydrogens is 226 g/mol. The van der Waals surface area contributed by atoms with Crippen LogP contribution in [0.25, 0.3) is 0 Å². The van der Waals surface area contributed by atoms with E-state index in [-0.39, 0.29) is 11.8 Å². The average molecular weight is 241 g/mol. The molecule has 0 fully saturated rings. The summed E-state index contributed by atoms with van der Waals surface area (Å²) in [6.07, 6.45) is 0. The van der Waals surface area contributed by atoms with Crippen LogP contribution in [0.4, 0.5) is 0 Å². The zero-order chi connectivity index (χ0) is 13.5. The molecule has 92 valence electrons. The summed E-state index contributed by atoms with van der Waals surface area (Å²) in [6, 6.07) is 13.0. The van der Waals surface area contributed by atoms with Gasteiger partial charge in [-0.15, -0.1) is 0 Å². The molecular formula is C14H15N3O. The van der Waals surface area contributed by atoms with E-state index in [0.717, 1.165) is 0 Å². The Labute approximate surface area is 107 Å². The second kappa shape index (κ2) is 6.42. The summed E-state index contributed by atoms with van der Waals surface area (Å²) in [5.74, 6) is -1.32. The van der Waals surface area contributed by atoms with Gasteiger partial charge in [-0.25, -0.2) is 0 Å². The third-order valence-corrected chi connectivity index (χ3v) is 2.65. The van der Waals surface area contributed by atoms with Gasteiger partial charge in [0.15, 0.2) is 0 Å². The van der Waals surface area contributed by atoms with Crippen LogP contribution in [0.15, 0.2) is 30.3 Å². The maximum atomic E-state index is 12.1. The number of carbonyl (C=O) groups excluding carboxylic acids is 1. The summed E-state index contributed by atoms with van der Waals surface area (Å²) >= 11 is 0. The van der Waals surface area contributed by atoms with Crippen LogP contribution in [0.2, 0.25) is 0 Å². The van der Waals surface area contributed by atoms with Crippen molar-refractivity contribution in [3.05, 3.63) is 35.9 Å². The van der Waals surface area contributed by atoms with Crippen molar-refractivity contribution in [2.45, 2.75) is 12.8 Å². The van der Waals surface area contributed by atoms with Gasteiger partial charge in [0.25, 0.3) is 0 Å². The van der Waals surface area contributed by atoms with Crippen molar-refractivity contribution in [1.82, 2.24) is 4.90 Å². The Morgan fingerprint density at radius 2 is 1.89 bits per heavy atom. The fraction of sp³-hybridized carbons (Fsp3) is 0.357. The first-order chi connectivity index (χ1) is 8.60. The van der Waals surface area contributed by atoms with Gasteiger partial charge >= 0.3 is 0 Å². The number of hydrogen-bond acceptors (Lipinski definition) is 3. The van der Waals surface area contributed by atoms with Crippen molar-refractivity contribution in [2.75, 3.05) is 13.6 Å². The molecule has 4 nitrogen and oxygen atoms in total. The van der Waals surface area contributed by atoms with Crippen molar-refractivity contribution in [3.63, 3.8) is 0 Å². The highest BCUT2D eigenvalue weighted by molar-refractivity contribution is 5.86. The van der Waals surface area contributed by atoms with Gasteiger partial charge in [0.05, 0.1) is 18.1 Å². The van der Waals surface area contributed by atoms with Gasteiger partial charge in [0, 0.05) is 13.6 Å². The Hall–Kier alpha value is -2.33. The molecule has 0 heterocycles. The van der Waals surface area contributed by atoms with Gasteiger partial charge in [0.1, 0.15) is 5.92 Å². The summed E-state index contributed by atoms with van der Waals surface area (Å²) in [6.45, 7) is 2.08. The lowest BCUT2D eigenvalue weighted by Crippen LogP contribution is -2.34. The van der Waals surface area contributed by atoms with E-state index >= 15 is 0 Å². The molecule has 0 aliphatic heterocycles. The van der Waals surface area contributed by atoms with Gasteiger partial charge in [-0.05, 0) is 12.5 Å². The number of rotatable bonds is 4. The van der Waals surface area contributed by atoms with Gasteiger partial charge < -0.3 is 4.90 Å². The first-order valence-corrected chi connectivity index (χ1v) is 5.69. The van der Waals surface area contributed by atoms with Crippen LogP contribution in [0.3, 0.4) is 0 Å². The van der Waals surface area contributed by atoms with Crippen LogP contribution in [0.1, 0.15) is 18.4 Å². The topological polar surface area (TPSA) is 67.9 Å². The second-order valence-electron chi connectivity index (χ2n) is 4.22. The summed E-state index contributed by atoms with van der Waals surface area (Å²) in [5.41, 5.74) is 0.682. The molecule has 0 aromatic heterocycles. The number of nitriles is 2. The first-order valence-electron chi connectivity index (χ1n) is 5.69. The Morgan fingerprint density at radius 3 is 2.39 bits per heavy atom. The van der Waals surface area contributed by atoms with Crippen molar-refractivity contribution in [1.29, 1.82) is 10.5 Å².